The molecule has 0 radical (unpaired) electrons. The number of esters is 1. The Balaban J connectivity index is 1.86. The van der Waals surface area contributed by atoms with E-state index in [1.54, 1.807) is 36.4 Å². The van der Waals surface area contributed by atoms with E-state index in [1.807, 2.05) is 31.2 Å². The summed E-state index contributed by atoms with van der Waals surface area (Å²) in [5.41, 5.74) is 2.32. The maximum absolute atomic E-state index is 12.2. The number of carbonyl (C=O) groups is 1. The fourth-order valence-electron chi connectivity index (χ4n) is 2.43. The molecule has 0 saturated heterocycles. The van der Waals surface area contributed by atoms with E-state index in [2.05, 4.69) is 4.99 Å². The minimum absolute atomic E-state index is 0.109. The number of carbonyl (C=O) groups excluding carboxylic acids is 1. The van der Waals surface area contributed by atoms with Crippen molar-refractivity contribution in [2.45, 2.75) is 6.92 Å². The second-order valence-corrected chi connectivity index (χ2v) is 5.78. The molecule has 0 aromatic heterocycles. The Morgan fingerprint density at radius 2 is 1.74 bits per heavy atom. The zero-order chi connectivity index (χ0) is 19.2. The number of para-hydroxylation sites is 1. The highest BCUT2D eigenvalue weighted by Crippen LogP contribution is 2.28. The number of nitro benzene ring substituents is 1. The number of hydrogen-bond acceptors (Lipinski definition) is 5. The summed E-state index contributed by atoms with van der Waals surface area (Å²) in [6, 6.07) is 20.2. The molecule has 0 amide bonds. The maximum atomic E-state index is 12.2. The lowest BCUT2D eigenvalue weighted by Crippen LogP contribution is -2.09. The zero-order valence-electron chi connectivity index (χ0n) is 14.5. The summed E-state index contributed by atoms with van der Waals surface area (Å²) in [6.07, 6.45) is 1.54. The molecular formula is C21H16N2O4. The molecule has 6 nitrogen and oxygen atoms in total. The molecule has 0 spiro atoms. The van der Waals surface area contributed by atoms with Gasteiger partial charge in [-0.25, -0.2) is 4.79 Å². The van der Waals surface area contributed by atoms with Gasteiger partial charge in [0, 0.05) is 12.3 Å². The van der Waals surface area contributed by atoms with Crippen molar-refractivity contribution in [3.8, 4) is 5.75 Å². The number of nitrogens with zero attached hydrogens (tertiary/aromatic N) is 2. The van der Waals surface area contributed by atoms with Crippen LogP contribution in [0.15, 0.2) is 77.8 Å². The van der Waals surface area contributed by atoms with E-state index in [9.17, 15) is 14.9 Å². The van der Waals surface area contributed by atoms with Crippen molar-refractivity contribution in [2.24, 2.45) is 4.99 Å². The van der Waals surface area contributed by atoms with Gasteiger partial charge in [0.25, 0.3) is 0 Å². The number of rotatable bonds is 5. The van der Waals surface area contributed by atoms with E-state index in [0.717, 1.165) is 11.3 Å². The molecule has 0 fully saturated rings. The summed E-state index contributed by atoms with van der Waals surface area (Å²) in [7, 11) is 0. The first-order valence-electron chi connectivity index (χ1n) is 8.20. The SMILES string of the molecule is Cc1ccccc1N=Cc1ccc(OC(=O)c2ccccc2)c([N+](=O)[O-])c1. The molecule has 0 bridgehead atoms. The smallest absolute Gasteiger partial charge is 0.343 e. The third-order valence-corrected chi connectivity index (χ3v) is 3.86. The van der Waals surface area contributed by atoms with Crippen LogP contribution in [0, 0.1) is 17.0 Å². The number of nitro groups is 1. The normalized spacial score (nSPS) is 10.7. The summed E-state index contributed by atoms with van der Waals surface area (Å²) in [5, 5.41) is 11.4. The predicted molar refractivity (Wildman–Crippen MR) is 103 cm³/mol. The van der Waals surface area contributed by atoms with Crippen LogP contribution in [0.1, 0.15) is 21.5 Å². The predicted octanol–water partition coefficient (Wildman–Crippen LogP) is 4.87. The van der Waals surface area contributed by atoms with Gasteiger partial charge in [0.2, 0.25) is 5.75 Å². The van der Waals surface area contributed by atoms with Crippen LogP contribution in [0.4, 0.5) is 11.4 Å². The van der Waals surface area contributed by atoms with Gasteiger partial charge in [0.15, 0.2) is 0 Å². The van der Waals surface area contributed by atoms with E-state index >= 15 is 0 Å². The van der Waals surface area contributed by atoms with Crippen molar-refractivity contribution >= 4 is 23.6 Å². The Morgan fingerprint density at radius 3 is 2.44 bits per heavy atom. The first-order chi connectivity index (χ1) is 13.0. The Hall–Kier alpha value is -3.80. The number of ether oxygens (including phenoxy) is 1. The van der Waals surface area contributed by atoms with E-state index in [4.69, 9.17) is 4.74 Å². The Bertz CT molecular complexity index is 1010. The zero-order valence-corrected chi connectivity index (χ0v) is 14.5. The van der Waals surface area contributed by atoms with Gasteiger partial charge < -0.3 is 4.74 Å². The fourth-order valence-corrected chi connectivity index (χ4v) is 2.43. The second kappa shape index (κ2) is 8.05. The van der Waals surface area contributed by atoms with Crippen LogP contribution in [-0.4, -0.2) is 17.1 Å². The van der Waals surface area contributed by atoms with Gasteiger partial charge >= 0.3 is 11.7 Å². The van der Waals surface area contributed by atoms with E-state index in [0.29, 0.717) is 11.1 Å². The minimum atomic E-state index is -0.653. The molecule has 0 saturated carbocycles. The molecule has 0 aliphatic rings. The van der Waals surface area contributed by atoms with Crippen LogP contribution >= 0.6 is 0 Å². The van der Waals surface area contributed by atoms with Gasteiger partial charge in [-0.15, -0.1) is 0 Å². The van der Waals surface area contributed by atoms with Crippen molar-refractivity contribution in [3.05, 3.63) is 99.6 Å². The van der Waals surface area contributed by atoms with Crippen LogP contribution in [0.25, 0.3) is 0 Å². The van der Waals surface area contributed by atoms with Gasteiger partial charge in [0.1, 0.15) is 0 Å². The number of aliphatic imine (C=N–C) groups is 1. The summed E-state index contributed by atoms with van der Waals surface area (Å²) in [5.74, 6) is -0.762. The highest BCUT2D eigenvalue weighted by atomic mass is 16.6. The van der Waals surface area contributed by atoms with E-state index in [-0.39, 0.29) is 11.4 Å². The van der Waals surface area contributed by atoms with Crippen molar-refractivity contribution in [1.82, 2.24) is 0 Å². The maximum Gasteiger partial charge on any atom is 0.343 e. The van der Waals surface area contributed by atoms with Gasteiger partial charge in [-0.3, -0.25) is 15.1 Å². The summed E-state index contributed by atoms with van der Waals surface area (Å²) < 4.78 is 5.20. The van der Waals surface area contributed by atoms with Crippen LogP contribution in [0.3, 0.4) is 0 Å². The van der Waals surface area contributed by atoms with Gasteiger partial charge in [-0.1, -0.05) is 36.4 Å². The van der Waals surface area contributed by atoms with Crippen molar-refractivity contribution < 1.29 is 14.5 Å². The lowest BCUT2D eigenvalue weighted by Gasteiger charge is -2.06. The second-order valence-electron chi connectivity index (χ2n) is 5.78. The Kier molecular flexibility index (Phi) is 5.37. The Morgan fingerprint density at radius 1 is 1.04 bits per heavy atom. The van der Waals surface area contributed by atoms with Crippen LogP contribution < -0.4 is 4.74 Å². The molecule has 3 aromatic rings. The molecule has 0 N–H and O–H groups in total. The largest absolute Gasteiger partial charge is 0.416 e. The first kappa shape index (κ1) is 18.0. The summed E-state index contributed by atoms with van der Waals surface area (Å²) in [4.78, 5) is 27.3. The summed E-state index contributed by atoms with van der Waals surface area (Å²) in [6.45, 7) is 1.93. The molecule has 0 atom stereocenters. The molecule has 134 valence electrons. The van der Waals surface area contributed by atoms with Crippen LogP contribution in [0.5, 0.6) is 5.75 Å². The standard InChI is InChI=1S/C21H16N2O4/c1-15-7-5-6-10-18(15)22-14-16-11-12-20(19(13-16)23(25)26)27-21(24)17-8-3-2-4-9-17/h2-14H,1H3. The molecule has 3 aromatic carbocycles. The molecule has 0 aliphatic carbocycles. The van der Waals surface area contributed by atoms with E-state index in [1.165, 1.54) is 18.3 Å². The molecular weight excluding hydrogens is 344 g/mol. The first-order valence-corrected chi connectivity index (χ1v) is 8.20. The summed E-state index contributed by atoms with van der Waals surface area (Å²) >= 11 is 0. The quantitative estimate of drug-likeness (QED) is 0.214. The minimum Gasteiger partial charge on any atom is -0.416 e. The molecule has 0 unspecified atom stereocenters. The third kappa shape index (κ3) is 4.43. The van der Waals surface area contributed by atoms with Gasteiger partial charge in [0.05, 0.1) is 16.2 Å². The van der Waals surface area contributed by atoms with Crippen molar-refractivity contribution in [3.63, 3.8) is 0 Å². The molecule has 3 rings (SSSR count). The lowest BCUT2D eigenvalue weighted by atomic mass is 10.2. The molecule has 0 heterocycles. The monoisotopic (exact) mass is 360 g/mol. The highest BCUT2D eigenvalue weighted by Gasteiger charge is 2.19. The Labute approximate surface area is 155 Å². The van der Waals surface area contributed by atoms with Gasteiger partial charge in [-0.05, 0) is 48.4 Å². The third-order valence-electron chi connectivity index (χ3n) is 3.86. The molecule has 6 heteroatoms. The number of benzene rings is 3. The fraction of sp³-hybridized carbons (Fsp3) is 0.0476. The van der Waals surface area contributed by atoms with E-state index < -0.39 is 10.9 Å². The van der Waals surface area contributed by atoms with Crippen LogP contribution in [0.2, 0.25) is 0 Å². The van der Waals surface area contributed by atoms with Crippen LogP contribution in [-0.2, 0) is 0 Å². The highest BCUT2D eigenvalue weighted by molar-refractivity contribution is 5.92. The lowest BCUT2D eigenvalue weighted by molar-refractivity contribution is -0.385. The molecule has 27 heavy (non-hydrogen) atoms. The average molecular weight is 360 g/mol. The van der Waals surface area contributed by atoms with Crippen molar-refractivity contribution in [1.29, 1.82) is 0 Å². The number of aryl methyl sites for hydroxylation is 1. The number of hydrogen-bond donors (Lipinski definition) is 0. The average Bonchev–Trinajstić information content (AvgIpc) is 2.68. The van der Waals surface area contributed by atoms with Crippen molar-refractivity contribution in [2.75, 3.05) is 0 Å². The topological polar surface area (TPSA) is 81.8 Å². The molecule has 0 aliphatic heterocycles. The van der Waals surface area contributed by atoms with Gasteiger partial charge in [-0.2, -0.15) is 0 Å².